The Bertz CT molecular complexity index is 397. The molecule has 0 spiro atoms. The van der Waals surface area contributed by atoms with E-state index in [9.17, 15) is 5.11 Å². The van der Waals surface area contributed by atoms with E-state index in [1.807, 2.05) is 27.7 Å². The lowest BCUT2D eigenvalue weighted by molar-refractivity contribution is -0.340. The first-order valence-electron chi connectivity index (χ1n) is 7.26. The molecule has 0 aromatic rings. The van der Waals surface area contributed by atoms with Crippen LogP contribution in [0.25, 0.3) is 0 Å². The summed E-state index contributed by atoms with van der Waals surface area (Å²) in [5, 5.41) is 10.5. The quantitative estimate of drug-likeness (QED) is 0.751. The van der Waals surface area contributed by atoms with E-state index >= 15 is 0 Å². The third-order valence-electron chi connectivity index (χ3n) is 4.03. The molecule has 3 saturated heterocycles. The summed E-state index contributed by atoms with van der Waals surface area (Å²) in [7, 11) is 1.48. The molecule has 122 valence electrons. The van der Waals surface area contributed by atoms with Crippen LogP contribution < -0.4 is 0 Å². The van der Waals surface area contributed by atoms with Crippen LogP contribution >= 0.6 is 0 Å². The second-order valence-corrected chi connectivity index (χ2v) is 6.63. The fourth-order valence-electron chi connectivity index (χ4n) is 3.15. The normalized spacial score (nSPS) is 48.3. The van der Waals surface area contributed by atoms with E-state index in [1.54, 1.807) is 0 Å². The van der Waals surface area contributed by atoms with Crippen LogP contribution in [0.1, 0.15) is 27.7 Å². The monoisotopic (exact) mass is 304 g/mol. The molecule has 3 heterocycles. The van der Waals surface area contributed by atoms with E-state index in [2.05, 4.69) is 0 Å². The van der Waals surface area contributed by atoms with Gasteiger partial charge in [0, 0.05) is 7.11 Å². The van der Waals surface area contributed by atoms with Crippen molar-refractivity contribution in [1.82, 2.24) is 0 Å². The first-order chi connectivity index (χ1) is 9.72. The van der Waals surface area contributed by atoms with Crippen LogP contribution in [0.5, 0.6) is 0 Å². The Morgan fingerprint density at radius 1 is 0.952 bits per heavy atom. The summed E-state index contributed by atoms with van der Waals surface area (Å²) in [6, 6.07) is 0. The van der Waals surface area contributed by atoms with Crippen molar-refractivity contribution in [3.05, 3.63) is 0 Å². The molecule has 0 radical (unpaired) electrons. The number of fused-ring (bicyclic) bond motifs is 3. The van der Waals surface area contributed by atoms with Gasteiger partial charge in [-0.05, 0) is 27.7 Å². The molecule has 0 amide bonds. The second-order valence-electron chi connectivity index (χ2n) is 6.63. The van der Waals surface area contributed by atoms with E-state index < -0.39 is 42.3 Å². The molecule has 21 heavy (non-hydrogen) atoms. The number of methoxy groups -OCH3 is 1. The summed E-state index contributed by atoms with van der Waals surface area (Å²) in [6.45, 7) is 7.66. The Morgan fingerprint density at radius 3 is 2.24 bits per heavy atom. The summed E-state index contributed by atoms with van der Waals surface area (Å²) in [4.78, 5) is 0. The van der Waals surface area contributed by atoms with Gasteiger partial charge in [0.15, 0.2) is 17.9 Å². The van der Waals surface area contributed by atoms with Gasteiger partial charge in [0.1, 0.15) is 30.5 Å². The number of rotatable bonds is 1. The predicted molar refractivity (Wildman–Crippen MR) is 70.4 cm³/mol. The average Bonchev–Trinajstić information content (AvgIpc) is 2.67. The maximum Gasteiger partial charge on any atom is 0.186 e. The molecule has 0 aromatic heterocycles. The minimum absolute atomic E-state index is 0.344. The van der Waals surface area contributed by atoms with E-state index in [-0.39, 0.29) is 6.10 Å². The summed E-state index contributed by atoms with van der Waals surface area (Å²) in [5.41, 5.74) is 0. The molecule has 3 aliphatic heterocycles. The first kappa shape index (κ1) is 15.6. The predicted octanol–water partition coefficient (Wildman–Crippen LogP) is 0.390. The van der Waals surface area contributed by atoms with Gasteiger partial charge >= 0.3 is 0 Å². The van der Waals surface area contributed by atoms with Gasteiger partial charge < -0.3 is 33.5 Å². The number of aliphatic hydroxyl groups is 1. The van der Waals surface area contributed by atoms with Gasteiger partial charge in [0.2, 0.25) is 0 Å². The zero-order chi connectivity index (χ0) is 15.4. The van der Waals surface area contributed by atoms with E-state index in [0.717, 1.165) is 0 Å². The van der Waals surface area contributed by atoms with Crippen LogP contribution in [0.3, 0.4) is 0 Å². The molecule has 3 rings (SSSR count). The van der Waals surface area contributed by atoms with Crippen LogP contribution in [0.15, 0.2) is 0 Å². The topological polar surface area (TPSA) is 75.6 Å². The van der Waals surface area contributed by atoms with Gasteiger partial charge in [-0.15, -0.1) is 0 Å². The molecule has 0 saturated carbocycles. The van der Waals surface area contributed by atoms with Crippen molar-refractivity contribution >= 4 is 0 Å². The maximum atomic E-state index is 10.5. The zero-order valence-corrected chi connectivity index (χ0v) is 13.1. The highest BCUT2D eigenvalue weighted by atomic mass is 16.8. The summed E-state index contributed by atoms with van der Waals surface area (Å²) >= 11 is 0. The van der Waals surface area contributed by atoms with Gasteiger partial charge in [-0.25, -0.2) is 0 Å². The third-order valence-corrected chi connectivity index (χ3v) is 4.03. The van der Waals surface area contributed by atoms with Crippen molar-refractivity contribution in [1.29, 1.82) is 0 Å². The molecule has 3 fully saturated rings. The van der Waals surface area contributed by atoms with Crippen molar-refractivity contribution in [2.24, 2.45) is 0 Å². The second kappa shape index (κ2) is 5.13. The Kier molecular flexibility index (Phi) is 3.81. The fraction of sp³-hybridized carbons (Fsp3) is 1.00. The largest absolute Gasteiger partial charge is 0.385 e. The van der Waals surface area contributed by atoms with Crippen LogP contribution in [0.4, 0.5) is 0 Å². The fourth-order valence-corrected chi connectivity index (χ4v) is 3.15. The zero-order valence-electron chi connectivity index (χ0n) is 13.1. The molecular formula is C14H24O7. The van der Waals surface area contributed by atoms with E-state index in [1.165, 1.54) is 7.11 Å². The van der Waals surface area contributed by atoms with Crippen molar-refractivity contribution in [3.63, 3.8) is 0 Å². The van der Waals surface area contributed by atoms with Gasteiger partial charge in [-0.3, -0.25) is 0 Å². The van der Waals surface area contributed by atoms with Crippen LogP contribution in [-0.2, 0) is 28.4 Å². The number of aliphatic hydroxyl groups excluding tert-OH is 1. The summed E-state index contributed by atoms with van der Waals surface area (Å²) < 4.78 is 34.5. The lowest BCUT2D eigenvalue weighted by atomic mass is 10.00. The summed E-state index contributed by atoms with van der Waals surface area (Å²) in [6.07, 6.45) is -3.56. The smallest absolute Gasteiger partial charge is 0.186 e. The lowest BCUT2D eigenvalue weighted by Gasteiger charge is -2.42. The Labute approximate surface area is 124 Å². The van der Waals surface area contributed by atoms with E-state index in [0.29, 0.717) is 6.61 Å². The molecule has 6 atom stereocenters. The molecule has 0 aliphatic carbocycles. The van der Waals surface area contributed by atoms with Gasteiger partial charge in [-0.1, -0.05) is 0 Å². The molecule has 1 N–H and O–H groups in total. The highest BCUT2D eigenvalue weighted by molar-refractivity contribution is 5.00. The van der Waals surface area contributed by atoms with Gasteiger partial charge in [0.05, 0.1) is 6.61 Å². The van der Waals surface area contributed by atoms with Crippen molar-refractivity contribution in [2.75, 3.05) is 13.7 Å². The lowest BCUT2D eigenvalue weighted by Crippen LogP contribution is -2.55. The van der Waals surface area contributed by atoms with Gasteiger partial charge in [-0.2, -0.15) is 0 Å². The van der Waals surface area contributed by atoms with Crippen molar-refractivity contribution in [2.45, 2.75) is 76.1 Å². The van der Waals surface area contributed by atoms with E-state index in [4.69, 9.17) is 28.4 Å². The van der Waals surface area contributed by atoms with Gasteiger partial charge in [0.25, 0.3) is 0 Å². The molecule has 7 nitrogen and oxygen atoms in total. The minimum Gasteiger partial charge on any atom is -0.385 e. The average molecular weight is 304 g/mol. The molecular weight excluding hydrogens is 280 g/mol. The Morgan fingerprint density at radius 2 is 1.57 bits per heavy atom. The highest BCUT2D eigenvalue weighted by Gasteiger charge is 2.58. The maximum absolute atomic E-state index is 10.5. The Balaban J connectivity index is 1.92. The molecule has 3 unspecified atom stereocenters. The van der Waals surface area contributed by atoms with Crippen molar-refractivity contribution in [3.8, 4) is 0 Å². The summed E-state index contributed by atoms with van der Waals surface area (Å²) in [5.74, 6) is -1.52. The number of hydrogen-bond acceptors (Lipinski definition) is 7. The molecule has 0 aromatic carbocycles. The third kappa shape index (κ3) is 2.84. The molecule has 0 bridgehead atoms. The minimum atomic E-state index is -0.959. The Hall–Kier alpha value is -0.280. The standard InChI is InChI=1S/C14H24O7/c1-13(2)17-6-7-9(19-13)11-10(20-14(3,4)21-11)8(15)12(16-5)18-7/h7-12,15H,6H2,1-5H3/t7?,8?,9-,10-,11?,12-/m1/s1. The first-order valence-corrected chi connectivity index (χ1v) is 7.26. The number of ether oxygens (including phenoxy) is 6. The molecule has 7 heteroatoms. The van der Waals surface area contributed by atoms with Crippen LogP contribution in [-0.4, -0.2) is 67.2 Å². The number of hydrogen-bond donors (Lipinski definition) is 1. The molecule has 3 aliphatic rings. The van der Waals surface area contributed by atoms with Crippen LogP contribution in [0.2, 0.25) is 0 Å². The SMILES string of the molecule is CO[C@@H]1OC2COC(C)(C)O[C@H]2C2OC(C)(C)O[C@@H]2C1O. The highest BCUT2D eigenvalue weighted by Crippen LogP contribution is 2.40. The van der Waals surface area contributed by atoms with Crippen LogP contribution in [0, 0.1) is 0 Å². The van der Waals surface area contributed by atoms with Crippen molar-refractivity contribution < 1.29 is 33.5 Å².